The number of halogens is 1. The molecule has 0 atom stereocenters. The Morgan fingerprint density at radius 3 is 2.71 bits per heavy atom. The van der Waals surface area contributed by atoms with Crippen molar-refractivity contribution in [2.45, 2.75) is 52.0 Å². The molecule has 1 aromatic carbocycles. The zero-order valence-corrected chi connectivity index (χ0v) is 12.7. The Morgan fingerprint density at radius 1 is 1.33 bits per heavy atom. The van der Waals surface area contributed by atoms with Crippen molar-refractivity contribution in [3.05, 3.63) is 35.4 Å². The maximum Gasteiger partial charge on any atom is 0.131 e. The summed E-state index contributed by atoms with van der Waals surface area (Å²) in [5, 5.41) is 0. The maximum atomic E-state index is 13.6. The highest BCUT2D eigenvalue weighted by molar-refractivity contribution is 5.73. The van der Waals surface area contributed by atoms with E-state index in [2.05, 4.69) is 11.5 Å². The van der Waals surface area contributed by atoms with Crippen molar-refractivity contribution in [3.8, 4) is 11.3 Å². The van der Waals surface area contributed by atoms with Gasteiger partial charge in [0.2, 0.25) is 0 Å². The van der Waals surface area contributed by atoms with E-state index in [0.29, 0.717) is 11.7 Å². The van der Waals surface area contributed by atoms with E-state index in [1.54, 1.807) is 6.07 Å². The number of aryl methyl sites for hydroxylation is 1. The molecule has 1 heterocycles. The van der Waals surface area contributed by atoms with Gasteiger partial charge in [0.15, 0.2) is 0 Å². The van der Waals surface area contributed by atoms with Gasteiger partial charge in [0, 0.05) is 18.0 Å². The summed E-state index contributed by atoms with van der Waals surface area (Å²) in [6, 6.07) is 4.79. The van der Waals surface area contributed by atoms with Crippen LogP contribution in [0, 0.1) is 12.7 Å². The van der Waals surface area contributed by atoms with E-state index in [9.17, 15) is 4.39 Å². The van der Waals surface area contributed by atoms with E-state index in [4.69, 9.17) is 10.7 Å². The molecule has 0 radical (unpaired) electrons. The molecule has 112 valence electrons. The van der Waals surface area contributed by atoms with Crippen molar-refractivity contribution in [2.75, 3.05) is 5.73 Å². The number of hydrogen-bond donors (Lipinski definition) is 1. The molecule has 1 aromatic heterocycles. The fourth-order valence-electron chi connectivity index (χ4n) is 3.36. The molecule has 21 heavy (non-hydrogen) atoms. The fraction of sp³-hybridized carbons (Fsp3) is 0.471. The van der Waals surface area contributed by atoms with Gasteiger partial charge in [-0.1, -0.05) is 18.9 Å². The van der Waals surface area contributed by atoms with Crippen LogP contribution in [-0.2, 0) is 6.54 Å². The minimum atomic E-state index is -0.247. The molecule has 0 bridgehead atoms. The molecule has 1 fully saturated rings. The summed E-state index contributed by atoms with van der Waals surface area (Å²) in [5.74, 6) is 1.98. The van der Waals surface area contributed by atoms with Crippen LogP contribution in [0.25, 0.3) is 11.3 Å². The molecule has 1 aliphatic carbocycles. The lowest BCUT2D eigenvalue weighted by molar-refractivity contribution is 0.604. The van der Waals surface area contributed by atoms with Gasteiger partial charge < -0.3 is 10.3 Å². The van der Waals surface area contributed by atoms with Crippen LogP contribution in [0.2, 0.25) is 0 Å². The van der Waals surface area contributed by atoms with Crippen molar-refractivity contribution >= 4 is 5.82 Å². The van der Waals surface area contributed by atoms with E-state index >= 15 is 0 Å². The predicted octanol–water partition coefficient (Wildman–Crippen LogP) is 4.26. The van der Waals surface area contributed by atoms with Gasteiger partial charge in [0.25, 0.3) is 0 Å². The lowest BCUT2D eigenvalue weighted by atomic mass is 10.1. The summed E-state index contributed by atoms with van der Waals surface area (Å²) in [5.41, 5.74) is 8.85. The Kier molecular flexibility index (Phi) is 3.70. The second-order valence-corrected chi connectivity index (χ2v) is 5.89. The number of hydrogen-bond acceptors (Lipinski definition) is 2. The van der Waals surface area contributed by atoms with Gasteiger partial charge in [0.1, 0.15) is 23.2 Å². The molecule has 2 aromatic rings. The van der Waals surface area contributed by atoms with Crippen molar-refractivity contribution in [1.82, 2.24) is 9.55 Å². The zero-order valence-electron chi connectivity index (χ0n) is 12.7. The summed E-state index contributed by atoms with van der Waals surface area (Å²) in [7, 11) is 0. The zero-order chi connectivity index (χ0) is 15.0. The van der Waals surface area contributed by atoms with Crippen molar-refractivity contribution in [2.24, 2.45) is 0 Å². The molecule has 1 saturated carbocycles. The highest BCUT2D eigenvalue weighted by Gasteiger charge is 2.25. The highest BCUT2D eigenvalue weighted by Crippen LogP contribution is 2.38. The van der Waals surface area contributed by atoms with E-state index in [1.807, 2.05) is 6.92 Å². The highest BCUT2D eigenvalue weighted by atomic mass is 19.1. The number of anilines is 1. The van der Waals surface area contributed by atoms with Crippen LogP contribution in [0.15, 0.2) is 18.2 Å². The summed E-state index contributed by atoms with van der Waals surface area (Å²) in [6.45, 7) is 4.85. The molecule has 0 saturated heterocycles. The third-order valence-corrected chi connectivity index (χ3v) is 4.53. The van der Waals surface area contributed by atoms with Crippen LogP contribution in [0.4, 0.5) is 10.2 Å². The third-order valence-electron chi connectivity index (χ3n) is 4.53. The van der Waals surface area contributed by atoms with Crippen molar-refractivity contribution in [1.29, 1.82) is 0 Å². The van der Waals surface area contributed by atoms with Gasteiger partial charge in [-0.25, -0.2) is 9.37 Å². The van der Waals surface area contributed by atoms with Crippen LogP contribution in [-0.4, -0.2) is 9.55 Å². The Bertz CT molecular complexity index is 654. The third kappa shape index (κ3) is 2.43. The standard InChI is InChI=1S/C17H22FN3/c1-3-21-16(19)15(14-10-13(18)9-8-11(14)2)20-17(21)12-6-4-5-7-12/h8-10,12H,3-7,19H2,1-2H3. The normalized spacial score (nSPS) is 15.8. The van der Waals surface area contributed by atoms with Crippen LogP contribution >= 0.6 is 0 Å². The SMILES string of the molecule is CCn1c(C2CCCC2)nc(-c2cc(F)ccc2C)c1N. The summed E-state index contributed by atoms with van der Waals surface area (Å²) in [6.07, 6.45) is 4.88. The van der Waals surface area contributed by atoms with Gasteiger partial charge in [-0.3, -0.25) is 0 Å². The van der Waals surface area contributed by atoms with E-state index < -0.39 is 0 Å². The van der Waals surface area contributed by atoms with Gasteiger partial charge in [-0.05, 0) is 44.4 Å². The van der Waals surface area contributed by atoms with E-state index in [-0.39, 0.29) is 5.82 Å². The quantitative estimate of drug-likeness (QED) is 0.916. The largest absolute Gasteiger partial charge is 0.383 e. The molecule has 0 aliphatic heterocycles. The molecule has 0 amide bonds. The number of nitrogens with zero attached hydrogens (tertiary/aromatic N) is 2. The van der Waals surface area contributed by atoms with Crippen LogP contribution in [0.1, 0.15) is 49.9 Å². The maximum absolute atomic E-state index is 13.6. The topological polar surface area (TPSA) is 43.8 Å². The van der Waals surface area contributed by atoms with Crippen molar-refractivity contribution in [3.63, 3.8) is 0 Å². The average molecular weight is 287 g/mol. The molecule has 1 aliphatic rings. The molecule has 2 N–H and O–H groups in total. The Morgan fingerprint density at radius 2 is 2.05 bits per heavy atom. The second kappa shape index (κ2) is 5.51. The van der Waals surface area contributed by atoms with Gasteiger partial charge in [-0.2, -0.15) is 0 Å². The summed E-state index contributed by atoms with van der Waals surface area (Å²) in [4.78, 5) is 4.81. The molecular weight excluding hydrogens is 265 g/mol. The summed E-state index contributed by atoms with van der Waals surface area (Å²) >= 11 is 0. The van der Waals surface area contributed by atoms with E-state index in [0.717, 1.165) is 29.2 Å². The average Bonchev–Trinajstić information content (AvgIpc) is 3.09. The fourth-order valence-corrected chi connectivity index (χ4v) is 3.36. The Balaban J connectivity index is 2.12. The van der Waals surface area contributed by atoms with Crippen molar-refractivity contribution < 1.29 is 4.39 Å². The predicted molar refractivity (Wildman–Crippen MR) is 83.7 cm³/mol. The van der Waals surface area contributed by atoms with Gasteiger partial charge >= 0.3 is 0 Å². The molecule has 4 heteroatoms. The first kappa shape index (κ1) is 14.1. The lowest BCUT2D eigenvalue weighted by Gasteiger charge is -2.11. The van der Waals surface area contributed by atoms with Crippen LogP contribution in [0.3, 0.4) is 0 Å². The minimum absolute atomic E-state index is 0.247. The molecule has 3 rings (SSSR count). The monoisotopic (exact) mass is 287 g/mol. The molecule has 0 spiro atoms. The van der Waals surface area contributed by atoms with Gasteiger partial charge in [0.05, 0.1) is 0 Å². The minimum Gasteiger partial charge on any atom is -0.383 e. The first-order valence-corrected chi connectivity index (χ1v) is 7.74. The Labute approximate surface area is 125 Å². The Hall–Kier alpha value is -1.84. The molecule has 0 unspecified atom stereocenters. The molecule has 3 nitrogen and oxygen atoms in total. The summed E-state index contributed by atoms with van der Waals surface area (Å²) < 4.78 is 15.7. The second-order valence-electron chi connectivity index (χ2n) is 5.89. The number of benzene rings is 1. The number of aromatic nitrogens is 2. The number of nitrogen functional groups attached to an aromatic ring is 1. The number of nitrogens with two attached hydrogens (primary N) is 1. The van der Waals surface area contributed by atoms with Crippen LogP contribution in [0.5, 0.6) is 0 Å². The number of imidazole rings is 1. The van der Waals surface area contributed by atoms with Gasteiger partial charge in [-0.15, -0.1) is 0 Å². The molecular formula is C17H22FN3. The first-order chi connectivity index (χ1) is 10.1. The van der Waals surface area contributed by atoms with E-state index in [1.165, 1.54) is 37.8 Å². The lowest BCUT2D eigenvalue weighted by Crippen LogP contribution is -2.08. The number of rotatable bonds is 3. The smallest absolute Gasteiger partial charge is 0.131 e. The first-order valence-electron chi connectivity index (χ1n) is 7.74. The van der Waals surface area contributed by atoms with Crippen LogP contribution < -0.4 is 5.73 Å².